The number of carbonyl (C=O) groups excluding carboxylic acids is 1. The van der Waals surface area contributed by atoms with Crippen LogP contribution in [0.5, 0.6) is 0 Å². The fourth-order valence-electron chi connectivity index (χ4n) is 2.27. The third kappa shape index (κ3) is 2.88. The van der Waals surface area contributed by atoms with E-state index < -0.39 is 11.4 Å². The molecular weight excluding hydrogens is 233 g/mol. The van der Waals surface area contributed by atoms with Gasteiger partial charge in [0.1, 0.15) is 5.82 Å². The van der Waals surface area contributed by atoms with Gasteiger partial charge in [-0.2, -0.15) is 0 Å². The molecule has 1 heterocycles. The lowest BCUT2D eigenvalue weighted by atomic mass is 9.98. The van der Waals surface area contributed by atoms with Crippen LogP contribution < -0.4 is 0 Å². The van der Waals surface area contributed by atoms with Crippen molar-refractivity contribution in [2.45, 2.75) is 31.8 Å². The fraction of sp³-hybridized carbons (Fsp3) is 0.500. The van der Waals surface area contributed by atoms with E-state index in [-0.39, 0.29) is 11.5 Å². The van der Waals surface area contributed by atoms with E-state index in [2.05, 4.69) is 0 Å². The van der Waals surface area contributed by atoms with Crippen LogP contribution in [0.1, 0.15) is 36.5 Å². The maximum atomic E-state index is 13.6. The lowest BCUT2D eigenvalue weighted by Gasteiger charge is -2.22. The molecule has 1 N–H and O–H groups in total. The Kier molecular flexibility index (Phi) is 3.66. The Hall–Kier alpha value is -1.42. The first kappa shape index (κ1) is 13.0. The number of rotatable bonds is 1. The van der Waals surface area contributed by atoms with Crippen LogP contribution >= 0.6 is 0 Å². The summed E-state index contributed by atoms with van der Waals surface area (Å²) in [5.41, 5.74) is -0.608. The van der Waals surface area contributed by atoms with E-state index in [1.807, 2.05) is 0 Å². The Morgan fingerprint density at radius 3 is 2.78 bits per heavy atom. The highest BCUT2D eigenvalue weighted by atomic mass is 19.1. The van der Waals surface area contributed by atoms with Crippen LogP contribution in [0.4, 0.5) is 4.39 Å². The minimum atomic E-state index is -0.718. The summed E-state index contributed by atoms with van der Waals surface area (Å²) >= 11 is 0. The molecule has 0 aromatic heterocycles. The molecule has 0 spiro atoms. The molecule has 1 aromatic carbocycles. The van der Waals surface area contributed by atoms with Crippen LogP contribution in [0, 0.1) is 5.82 Å². The maximum Gasteiger partial charge on any atom is 0.256 e. The van der Waals surface area contributed by atoms with Crippen LogP contribution in [-0.2, 0) is 0 Å². The predicted octanol–water partition coefficient (Wildman–Crippen LogP) is 2.20. The van der Waals surface area contributed by atoms with E-state index in [4.69, 9.17) is 0 Å². The first-order valence-electron chi connectivity index (χ1n) is 6.26. The lowest BCUT2D eigenvalue weighted by molar-refractivity contribution is 0.0437. The van der Waals surface area contributed by atoms with Crippen LogP contribution in [-0.4, -0.2) is 34.6 Å². The van der Waals surface area contributed by atoms with Gasteiger partial charge in [-0.15, -0.1) is 0 Å². The number of likely N-dealkylation sites (tertiary alicyclic amines) is 1. The first-order valence-corrected chi connectivity index (χ1v) is 6.26. The summed E-state index contributed by atoms with van der Waals surface area (Å²) in [5.74, 6) is -0.774. The molecule has 1 aromatic rings. The average molecular weight is 251 g/mol. The molecule has 1 aliphatic heterocycles. The van der Waals surface area contributed by atoms with Crippen molar-refractivity contribution < 1.29 is 14.3 Å². The van der Waals surface area contributed by atoms with Crippen molar-refractivity contribution >= 4 is 5.91 Å². The van der Waals surface area contributed by atoms with Gasteiger partial charge >= 0.3 is 0 Å². The molecule has 3 nitrogen and oxygen atoms in total. The van der Waals surface area contributed by atoms with E-state index in [1.165, 1.54) is 12.1 Å². The Morgan fingerprint density at radius 1 is 1.33 bits per heavy atom. The number of aliphatic hydroxyl groups is 1. The summed E-state index contributed by atoms with van der Waals surface area (Å²) < 4.78 is 13.6. The van der Waals surface area contributed by atoms with E-state index in [1.54, 1.807) is 24.0 Å². The highest BCUT2D eigenvalue weighted by Crippen LogP contribution is 2.22. The van der Waals surface area contributed by atoms with Gasteiger partial charge in [-0.05, 0) is 38.3 Å². The summed E-state index contributed by atoms with van der Waals surface area (Å²) in [6.45, 7) is 2.83. The first-order chi connectivity index (χ1) is 8.49. The quantitative estimate of drug-likeness (QED) is 0.831. The Morgan fingerprint density at radius 2 is 2.06 bits per heavy atom. The maximum absolute atomic E-state index is 13.6. The van der Waals surface area contributed by atoms with Crippen molar-refractivity contribution in [1.82, 2.24) is 4.90 Å². The van der Waals surface area contributed by atoms with E-state index in [0.717, 1.165) is 6.42 Å². The molecule has 0 saturated carbocycles. The highest BCUT2D eigenvalue weighted by Gasteiger charge is 2.28. The smallest absolute Gasteiger partial charge is 0.256 e. The second-order valence-electron chi connectivity index (χ2n) is 5.12. The summed E-state index contributed by atoms with van der Waals surface area (Å²) in [4.78, 5) is 13.8. The molecule has 0 aliphatic carbocycles. The van der Waals surface area contributed by atoms with E-state index >= 15 is 0 Å². The van der Waals surface area contributed by atoms with Crippen LogP contribution in [0.15, 0.2) is 24.3 Å². The molecule has 4 heteroatoms. The van der Waals surface area contributed by atoms with Gasteiger partial charge in [0.2, 0.25) is 0 Å². The van der Waals surface area contributed by atoms with Crippen molar-refractivity contribution in [3.63, 3.8) is 0 Å². The van der Waals surface area contributed by atoms with Gasteiger partial charge < -0.3 is 10.0 Å². The Balaban J connectivity index is 2.13. The molecule has 98 valence electrons. The molecule has 1 unspecified atom stereocenters. The number of halogens is 1. The summed E-state index contributed by atoms with van der Waals surface area (Å²) in [6, 6.07) is 6.02. The number of nitrogens with zero attached hydrogens (tertiary/aromatic N) is 1. The molecular formula is C14H18FNO2. The van der Waals surface area contributed by atoms with Gasteiger partial charge in [-0.3, -0.25) is 4.79 Å². The molecule has 1 atom stereocenters. The van der Waals surface area contributed by atoms with Crippen molar-refractivity contribution in [3.8, 4) is 0 Å². The molecule has 1 fully saturated rings. The molecule has 1 amide bonds. The van der Waals surface area contributed by atoms with Crippen LogP contribution in [0.25, 0.3) is 0 Å². The molecule has 1 aliphatic rings. The zero-order valence-electron chi connectivity index (χ0n) is 10.5. The van der Waals surface area contributed by atoms with Gasteiger partial charge in [-0.25, -0.2) is 4.39 Å². The molecule has 18 heavy (non-hydrogen) atoms. The number of hydrogen-bond donors (Lipinski definition) is 1. The number of hydrogen-bond acceptors (Lipinski definition) is 2. The summed E-state index contributed by atoms with van der Waals surface area (Å²) in [5, 5.41) is 9.97. The van der Waals surface area contributed by atoms with Crippen molar-refractivity contribution in [1.29, 1.82) is 0 Å². The van der Waals surface area contributed by atoms with Gasteiger partial charge in [0, 0.05) is 13.1 Å². The Labute approximate surface area is 106 Å². The second kappa shape index (κ2) is 5.06. The third-order valence-corrected chi connectivity index (χ3v) is 3.46. The largest absolute Gasteiger partial charge is 0.390 e. The normalized spacial score (nSPS) is 24.7. The van der Waals surface area contributed by atoms with Crippen molar-refractivity contribution in [2.75, 3.05) is 13.1 Å². The van der Waals surface area contributed by atoms with Crippen LogP contribution in [0.2, 0.25) is 0 Å². The number of amides is 1. The monoisotopic (exact) mass is 251 g/mol. The fourth-order valence-corrected chi connectivity index (χ4v) is 2.27. The van der Waals surface area contributed by atoms with Crippen LogP contribution in [0.3, 0.4) is 0 Å². The average Bonchev–Trinajstić information content (AvgIpc) is 2.50. The molecule has 0 bridgehead atoms. The molecule has 1 saturated heterocycles. The van der Waals surface area contributed by atoms with Crippen molar-refractivity contribution in [2.24, 2.45) is 0 Å². The SMILES string of the molecule is CC1(O)CCCN(C(=O)c2ccccc2F)CC1. The number of benzene rings is 1. The van der Waals surface area contributed by atoms with E-state index in [0.29, 0.717) is 25.9 Å². The Bertz CT molecular complexity index is 445. The zero-order valence-corrected chi connectivity index (χ0v) is 10.5. The highest BCUT2D eigenvalue weighted by molar-refractivity contribution is 5.94. The minimum Gasteiger partial charge on any atom is -0.390 e. The second-order valence-corrected chi connectivity index (χ2v) is 5.12. The van der Waals surface area contributed by atoms with E-state index in [9.17, 15) is 14.3 Å². The molecule has 0 radical (unpaired) electrons. The standard InChI is InChI=1S/C14H18FNO2/c1-14(18)7-4-9-16(10-8-14)13(17)11-5-2-3-6-12(11)15/h2-3,5-6,18H,4,7-10H2,1H3. The predicted molar refractivity (Wildman–Crippen MR) is 66.8 cm³/mol. The van der Waals surface area contributed by atoms with Gasteiger partial charge in [-0.1, -0.05) is 12.1 Å². The van der Waals surface area contributed by atoms with Gasteiger partial charge in [0.15, 0.2) is 0 Å². The van der Waals surface area contributed by atoms with Crippen molar-refractivity contribution in [3.05, 3.63) is 35.6 Å². The summed E-state index contributed by atoms with van der Waals surface area (Å²) in [6.07, 6.45) is 1.95. The number of carbonyl (C=O) groups is 1. The lowest BCUT2D eigenvalue weighted by Crippen LogP contribution is -2.34. The third-order valence-electron chi connectivity index (χ3n) is 3.46. The topological polar surface area (TPSA) is 40.5 Å². The zero-order chi connectivity index (χ0) is 13.2. The van der Waals surface area contributed by atoms with Gasteiger partial charge in [0.05, 0.1) is 11.2 Å². The summed E-state index contributed by atoms with van der Waals surface area (Å²) in [7, 11) is 0. The van der Waals surface area contributed by atoms with Gasteiger partial charge in [0.25, 0.3) is 5.91 Å². The molecule has 2 rings (SSSR count). The minimum absolute atomic E-state index is 0.110.